The molecule has 1 aliphatic rings. The number of hydrogen-bond donors (Lipinski definition) is 0. The van der Waals surface area contributed by atoms with Crippen LogP contribution >= 0.6 is 11.3 Å². The summed E-state index contributed by atoms with van der Waals surface area (Å²) in [5, 5.41) is 0.933. The Hall–Kier alpha value is -2.47. The first-order chi connectivity index (χ1) is 12.1. The monoisotopic (exact) mass is 355 g/mol. The first-order valence-electron chi connectivity index (χ1n) is 8.29. The Morgan fingerprint density at radius 2 is 2.08 bits per heavy atom. The van der Waals surface area contributed by atoms with Crippen molar-refractivity contribution >= 4 is 23.2 Å². The maximum atomic E-state index is 12.8. The van der Waals surface area contributed by atoms with Gasteiger partial charge >= 0.3 is 0 Å². The SMILES string of the molecule is C=CC(=O)N1CCN(C(=O)c2cnc(Cc3ccccc3)s2)[C@@H](C)C1. The lowest BCUT2D eigenvalue weighted by Gasteiger charge is -2.39. The van der Waals surface area contributed by atoms with Gasteiger partial charge in [0.2, 0.25) is 5.91 Å². The van der Waals surface area contributed by atoms with Gasteiger partial charge < -0.3 is 9.80 Å². The number of nitrogens with zero attached hydrogens (tertiary/aromatic N) is 3. The van der Waals surface area contributed by atoms with Crippen LogP contribution in [0.5, 0.6) is 0 Å². The second-order valence-corrected chi connectivity index (χ2v) is 7.23. The van der Waals surface area contributed by atoms with Crippen molar-refractivity contribution in [1.29, 1.82) is 0 Å². The molecule has 0 N–H and O–H groups in total. The Balaban J connectivity index is 1.66. The molecule has 0 spiro atoms. The molecular formula is C19H21N3O2S. The van der Waals surface area contributed by atoms with E-state index in [1.54, 1.807) is 11.1 Å². The van der Waals surface area contributed by atoms with Crippen LogP contribution < -0.4 is 0 Å². The van der Waals surface area contributed by atoms with E-state index in [2.05, 4.69) is 23.7 Å². The molecule has 1 fully saturated rings. The standard InChI is InChI=1S/C19H21N3O2S/c1-3-18(23)21-9-10-22(14(2)13-21)19(24)16-12-20-17(25-16)11-15-7-5-4-6-8-15/h3-8,12,14H,1,9-11,13H2,2H3/t14-/m0/s1. The number of rotatable bonds is 4. The van der Waals surface area contributed by atoms with Gasteiger partial charge in [0, 0.05) is 32.1 Å². The molecule has 1 aliphatic heterocycles. The fourth-order valence-electron chi connectivity index (χ4n) is 2.99. The van der Waals surface area contributed by atoms with Crippen molar-refractivity contribution in [2.45, 2.75) is 19.4 Å². The molecule has 1 aromatic heterocycles. The van der Waals surface area contributed by atoms with Crippen molar-refractivity contribution in [3.63, 3.8) is 0 Å². The summed E-state index contributed by atoms with van der Waals surface area (Å²) in [4.78, 5) is 33.1. The van der Waals surface area contributed by atoms with Crippen LogP contribution in [0, 0.1) is 0 Å². The predicted octanol–water partition coefficient (Wildman–Crippen LogP) is 2.59. The van der Waals surface area contributed by atoms with Gasteiger partial charge in [0.1, 0.15) is 4.88 Å². The van der Waals surface area contributed by atoms with E-state index >= 15 is 0 Å². The van der Waals surface area contributed by atoms with Gasteiger partial charge in [-0.3, -0.25) is 9.59 Å². The van der Waals surface area contributed by atoms with Gasteiger partial charge in [-0.1, -0.05) is 36.9 Å². The van der Waals surface area contributed by atoms with Crippen molar-refractivity contribution < 1.29 is 9.59 Å². The first-order valence-corrected chi connectivity index (χ1v) is 9.11. The molecule has 0 bridgehead atoms. The summed E-state index contributed by atoms with van der Waals surface area (Å²) in [6, 6.07) is 10.1. The fourth-order valence-corrected chi connectivity index (χ4v) is 3.90. The molecule has 5 nitrogen and oxygen atoms in total. The zero-order valence-corrected chi connectivity index (χ0v) is 15.0. The third kappa shape index (κ3) is 3.96. The lowest BCUT2D eigenvalue weighted by Crippen LogP contribution is -2.55. The molecule has 0 aliphatic carbocycles. The highest BCUT2D eigenvalue weighted by Crippen LogP contribution is 2.21. The summed E-state index contributed by atoms with van der Waals surface area (Å²) < 4.78 is 0. The number of thiazole rings is 1. The maximum Gasteiger partial charge on any atom is 0.265 e. The summed E-state index contributed by atoms with van der Waals surface area (Å²) >= 11 is 1.44. The fraction of sp³-hybridized carbons (Fsp3) is 0.316. The Morgan fingerprint density at radius 1 is 1.32 bits per heavy atom. The summed E-state index contributed by atoms with van der Waals surface area (Å²) in [6.07, 6.45) is 3.72. The number of aromatic nitrogens is 1. The molecule has 3 rings (SSSR count). The van der Waals surface area contributed by atoms with Gasteiger partial charge in [0.05, 0.1) is 11.2 Å². The van der Waals surface area contributed by atoms with E-state index in [-0.39, 0.29) is 17.9 Å². The minimum Gasteiger partial charge on any atom is -0.335 e. The summed E-state index contributed by atoms with van der Waals surface area (Å²) in [6.45, 7) is 7.09. The summed E-state index contributed by atoms with van der Waals surface area (Å²) in [7, 11) is 0. The van der Waals surface area contributed by atoms with Crippen LogP contribution in [-0.4, -0.2) is 52.3 Å². The minimum atomic E-state index is -0.0816. The van der Waals surface area contributed by atoms with E-state index in [9.17, 15) is 9.59 Å². The van der Waals surface area contributed by atoms with Gasteiger partial charge in [0.25, 0.3) is 5.91 Å². The van der Waals surface area contributed by atoms with Crippen molar-refractivity contribution in [3.8, 4) is 0 Å². The topological polar surface area (TPSA) is 53.5 Å². The third-order valence-electron chi connectivity index (χ3n) is 4.34. The lowest BCUT2D eigenvalue weighted by molar-refractivity contribution is -0.128. The average molecular weight is 355 g/mol. The number of hydrogen-bond acceptors (Lipinski definition) is 4. The second-order valence-electron chi connectivity index (χ2n) is 6.12. The number of amides is 2. The second kappa shape index (κ2) is 7.61. The van der Waals surface area contributed by atoms with Gasteiger partial charge in [-0.2, -0.15) is 0 Å². The van der Waals surface area contributed by atoms with E-state index in [0.717, 1.165) is 11.4 Å². The van der Waals surface area contributed by atoms with Crippen molar-refractivity contribution in [1.82, 2.24) is 14.8 Å². The zero-order valence-electron chi connectivity index (χ0n) is 14.2. The highest BCUT2D eigenvalue weighted by Gasteiger charge is 2.30. The van der Waals surface area contributed by atoms with Gasteiger partial charge in [-0.25, -0.2) is 4.98 Å². The van der Waals surface area contributed by atoms with Gasteiger partial charge in [0.15, 0.2) is 0 Å². The van der Waals surface area contributed by atoms with E-state index in [4.69, 9.17) is 0 Å². The maximum absolute atomic E-state index is 12.8. The molecule has 0 saturated carbocycles. The zero-order chi connectivity index (χ0) is 17.8. The molecule has 0 unspecified atom stereocenters. The third-order valence-corrected chi connectivity index (χ3v) is 5.32. The van der Waals surface area contributed by atoms with Crippen LogP contribution in [0.2, 0.25) is 0 Å². The molecule has 1 aromatic carbocycles. The highest BCUT2D eigenvalue weighted by atomic mass is 32.1. The smallest absolute Gasteiger partial charge is 0.265 e. The molecule has 130 valence electrons. The van der Waals surface area contributed by atoms with Crippen molar-refractivity contribution in [2.75, 3.05) is 19.6 Å². The molecule has 25 heavy (non-hydrogen) atoms. The van der Waals surface area contributed by atoms with Crippen LogP contribution in [0.25, 0.3) is 0 Å². The van der Waals surface area contributed by atoms with Crippen LogP contribution in [-0.2, 0) is 11.2 Å². The molecular weight excluding hydrogens is 334 g/mol. The van der Waals surface area contributed by atoms with E-state index in [1.807, 2.05) is 30.0 Å². The van der Waals surface area contributed by atoms with E-state index in [0.29, 0.717) is 24.5 Å². The molecule has 2 heterocycles. The normalized spacial score (nSPS) is 17.4. The van der Waals surface area contributed by atoms with E-state index in [1.165, 1.54) is 23.0 Å². The number of carbonyl (C=O) groups excluding carboxylic acids is 2. The van der Waals surface area contributed by atoms with Crippen LogP contribution in [0.15, 0.2) is 49.2 Å². The first kappa shape index (κ1) is 17.4. The predicted molar refractivity (Wildman–Crippen MR) is 98.6 cm³/mol. The van der Waals surface area contributed by atoms with E-state index < -0.39 is 0 Å². The Kier molecular flexibility index (Phi) is 5.28. The number of benzene rings is 1. The highest BCUT2D eigenvalue weighted by molar-refractivity contribution is 7.13. The lowest BCUT2D eigenvalue weighted by atomic mass is 10.2. The molecule has 1 atom stereocenters. The Labute approximate surface area is 151 Å². The molecule has 0 radical (unpaired) electrons. The Bertz CT molecular complexity index is 772. The minimum absolute atomic E-state index is 0.00462. The quantitative estimate of drug-likeness (QED) is 0.792. The van der Waals surface area contributed by atoms with Crippen molar-refractivity contribution in [2.24, 2.45) is 0 Å². The molecule has 2 amide bonds. The Morgan fingerprint density at radius 3 is 2.76 bits per heavy atom. The molecule has 6 heteroatoms. The van der Waals surface area contributed by atoms with Crippen LogP contribution in [0.4, 0.5) is 0 Å². The number of piperazine rings is 1. The van der Waals surface area contributed by atoms with Crippen LogP contribution in [0.1, 0.15) is 27.2 Å². The summed E-state index contributed by atoms with van der Waals surface area (Å²) in [5.74, 6) is -0.0862. The molecule has 1 saturated heterocycles. The number of carbonyl (C=O) groups is 2. The van der Waals surface area contributed by atoms with Gasteiger partial charge in [-0.15, -0.1) is 11.3 Å². The molecule has 2 aromatic rings. The largest absolute Gasteiger partial charge is 0.335 e. The van der Waals surface area contributed by atoms with Gasteiger partial charge in [-0.05, 0) is 18.6 Å². The van der Waals surface area contributed by atoms with Crippen LogP contribution in [0.3, 0.4) is 0 Å². The average Bonchev–Trinajstić information content (AvgIpc) is 3.09. The van der Waals surface area contributed by atoms with Crippen molar-refractivity contribution in [3.05, 3.63) is 64.6 Å². The summed E-state index contributed by atoms with van der Waals surface area (Å²) in [5.41, 5.74) is 1.18.